The van der Waals surface area contributed by atoms with Crippen LogP contribution >= 0.6 is 0 Å². The number of hydrogen-bond donors (Lipinski definition) is 1. The van der Waals surface area contributed by atoms with Gasteiger partial charge in [0.25, 0.3) is 6.43 Å². The lowest BCUT2D eigenvalue weighted by molar-refractivity contribution is 0.0812. The molecule has 0 heterocycles. The lowest BCUT2D eigenvalue weighted by Crippen LogP contribution is -2.37. The van der Waals surface area contributed by atoms with E-state index in [-0.39, 0.29) is 11.6 Å². The molecule has 0 spiro atoms. The summed E-state index contributed by atoms with van der Waals surface area (Å²) in [7, 11) is 0. The number of halogens is 2. The molecule has 2 nitrogen and oxygen atoms in total. The van der Waals surface area contributed by atoms with Crippen LogP contribution in [0.4, 0.5) is 8.78 Å². The number of nitrogens with one attached hydrogen (secondary N) is 1. The molecule has 1 unspecified atom stereocenters. The zero-order chi connectivity index (χ0) is 15.5. The van der Waals surface area contributed by atoms with Crippen LogP contribution in [0.2, 0.25) is 0 Å². The van der Waals surface area contributed by atoms with E-state index in [1.807, 2.05) is 26.0 Å². The van der Waals surface area contributed by atoms with Gasteiger partial charge in [-0.1, -0.05) is 12.1 Å². The number of alkyl halides is 2. The zero-order valence-electron chi connectivity index (χ0n) is 13.2. The van der Waals surface area contributed by atoms with Gasteiger partial charge in [0, 0.05) is 11.6 Å². The van der Waals surface area contributed by atoms with E-state index in [0.29, 0.717) is 5.75 Å². The Hall–Kier alpha value is -1.16. The van der Waals surface area contributed by atoms with E-state index in [2.05, 4.69) is 33.0 Å². The summed E-state index contributed by atoms with van der Waals surface area (Å²) < 4.78 is 29.7. The lowest BCUT2D eigenvalue weighted by Gasteiger charge is -2.27. The van der Waals surface area contributed by atoms with Gasteiger partial charge in [-0.05, 0) is 58.2 Å². The van der Waals surface area contributed by atoms with E-state index >= 15 is 0 Å². The summed E-state index contributed by atoms with van der Waals surface area (Å²) in [4.78, 5) is 0. The van der Waals surface area contributed by atoms with Crippen LogP contribution in [0.25, 0.3) is 0 Å². The van der Waals surface area contributed by atoms with Crippen molar-refractivity contribution in [2.75, 3.05) is 6.61 Å². The predicted molar refractivity (Wildman–Crippen MR) is 78.7 cm³/mol. The summed E-state index contributed by atoms with van der Waals surface area (Å²) in [6.45, 7) is 11.7. The molecule has 1 rings (SSSR count). The topological polar surface area (TPSA) is 21.3 Å². The first-order valence-electron chi connectivity index (χ1n) is 6.90. The van der Waals surface area contributed by atoms with Gasteiger partial charge in [-0.3, -0.25) is 0 Å². The maximum atomic E-state index is 12.2. The molecule has 0 aliphatic heterocycles. The largest absolute Gasteiger partial charge is 0.487 e. The molecule has 114 valence electrons. The molecule has 0 saturated heterocycles. The van der Waals surface area contributed by atoms with Crippen LogP contribution in [0, 0.1) is 13.8 Å². The van der Waals surface area contributed by atoms with Gasteiger partial charge in [-0.2, -0.15) is 0 Å². The first-order chi connectivity index (χ1) is 9.10. The van der Waals surface area contributed by atoms with Gasteiger partial charge in [-0.15, -0.1) is 0 Å². The highest BCUT2D eigenvalue weighted by molar-refractivity contribution is 5.44. The highest BCUT2D eigenvalue weighted by Crippen LogP contribution is 2.28. The number of aryl methyl sites for hydroxylation is 2. The fourth-order valence-electron chi connectivity index (χ4n) is 2.34. The number of rotatable bonds is 5. The van der Waals surface area contributed by atoms with Crippen molar-refractivity contribution < 1.29 is 13.5 Å². The van der Waals surface area contributed by atoms with E-state index < -0.39 is 13.0 Å². The molecule has 1 atom stereocenters. The summed E-state index contributed by atoms with van der Waals surface area (Å²) in [6, 6.07) is 4.19. The SMILES string of the molecule is Cc1cc(C(C)NC(C)(C)C)cc(C)c1OCC(F)F. The second-order valence-corrected chi connectivity index (χ2v) is 6.30. The van der Waals surface area contributed by atoms with Crippen molar-refractivity contribution in [3.8, 4) is 5.75 Å². The molecule has 0 aromatic heterocycles. The van der Waals surface area contributed by atoms with E-state index in [1.165, 1.54) is 0 Å². The van der Waals surface area contributed by atoms with Crippen LogP contribution in [-0.4, -0.2) is 18.6 Å². The Kier molecular flexibility index (Phi) is 5.51. The standard InChI is InChI=1S/C16H25F2NO/c1-10-7-13(12(3)19-16(4,5)6)8-11(2)15(10)20-9-14(17)18/h7-8,12,14,19H,9H2,1-6H3. The zero-order valence-corrected chi connectivity index (χ0v) is 13.2. The third-order valence-corrected chi connectivity index (χ3v) is 2.99. The fourth-order valence-corrected chi connectivity index (χ4v) is 2.34. The van der Waals surface area contributed by atoms with Crippen LogP contribution in [0.1, 0.15) is 50.4 Å². The molecule has 0 saturated carbocycles. The van der Waals surface area contributed by atoms with Crippen molar-refractivity contribution in [2.24, 2.45) is 0 Å². The van der Waals surface area contributed by atoms with Crippen LogP contribution in [0.5, 0.6) is 5.75 Å². The Balaban J connectivity index is 2.92. The van der Waals surface area contributed by atoms with Crippen molar-refractivity contribution in [3.63, 3.8) is 0 Å². The predicted octanol–water partition coefficient (Wildman–Crippen LogP) is 4.40. The molecule has 0 radical (unpaired) electrons. The van der Waals surface area contributed by atoms with Gasteiger partial charge in [-0.25, -0.2) is 8.78 Å². The molecule has 0 bridgehead atoms. The summed E-state index contributed by atoms with van der Waals surface area (Å²) in [5.41, 5.74) is 2.94. The monoisotopic (exact) mass is 285 g/mol. The van der Waals surface area contributed by atoms with Gasteiger partial charge < -0.3 is 10.1 Å². The van der Waals surface area contributed by atoms with Crippen molar-refractivity contribution in [2.45, 2.75) is 59.5 Å². The minimum absolute atomic E-state index is 0.0199. The molecule has 1 aromatic carbocycles. The average Bonchev–Trinajstić information content (AvgIpc) is 2.24. The van der Waals surface area contributed by atoms with Crippen molar-refractivity contribution >= 4 is 0 Å². The average molecular weight is 285 g/mol. The summed E-state index contributed by atoms with van der Waals surface area (Å²) in [6.07, 6.45) is -2.45. The molecule has 0 amide bonds. The number of hydrogen-bond acceptors (Lipinski definition) is 2. The first kappa shape index (κ1) is 16.9. The molecule has 20 heavy (non-hydrogen) atoms. The smallest absolute Gasteiger partial charge is 0.272 e. The third kappa shape index (κ3) is 5.08. The lowest BCUT2D eigenvalue weighted by atomic mass is 9.98. The highest BCUT2D eigenvalue weighted by atomic mass is 19.3. The van der Waals surface area contributed by atoms with Gasteiger partial charge in [0.15, 0.2) is 0 Å². The van der Waals surface area contributed by atoms with E-state index in [9.17, 15) is 8.78 Å². The maximum Gasteiger partial charge on any atom is 0.272 e. The quantitative estimate of drug-likeness (QED) is 0.866. The number of benzene rings is 1. The highest BCUT2D eigenvalue weighted by Gasteiger charge is 2.17. The Labute approximate surface area is 120 Å². The van der Waals surface area contributed by atoms with Gasteiger partial charge in [0.1, 0.15) is 12.4 Å². The Morgan fingerprint density at radius 3 is 2.05 bits per heavy atom. The molecular weight excluding hydrogens is 260 g/mol. The third-order valence-electron chi connectivity index (χ3n) is 2.99. The summed E-state index contributed by atoms with van der Waals surface area (Å²) >= 11 is 0. The van der Waals surface area contributed by atoms with Crippen LogP contribution in [0.3, 0.4) is 0 Å². The molecule has 0 fully saturated rings. The van der Waals surface area contributed by atoms with E-state index in [1.54, 1.807) is 0 Å². The fraction of sp³-hybridized carbons (Fsp3) is 0.625. The van der Waals surface area contributed by atoms with E-state index in [0.717, 1.165) is 16.7 Å². The second-order valence-electron chi connectivity index (χ2n) is 6.30. The van der Waals surface area contributed by atoms with Crippen LogP contribution in [0.15, 0.2) is 12.1 Å². The van der Waals surface area contributed by atoms with Gasteiger partial charge in [0.2, 0.25) is 0 Å². The molecule has 0 aliphatic rings. The van der Waals surface area contributed by atoms with Gasteiger partial charge in [0.05, 0.1) is 0 Å². The summed E-state index contributed by atoms with van der Waals surface area (Å²) in [5, 5.41) is 3.50. The van der Waals surface area contributed by atoms with Crippen molar-refractivity contribution in [1.82, 2.24) is 5.32 Å². The summed E-state index contributed by atoms with van der Waals surface area (Å²) in [5.74, 6) is 0.567. The Morgan fingerprint density at radius 2 is 1.65 bits per heavy atom. The molecule has 4 heteroatoms. The molecular formula is C16H25F2NO. The van der Waals surface area contributed by atoms with E-state index in [4.69, 9.17) is 4.74 Å². The van der Waals surface area contributed by atoms with Crippen molar-refractivity contribution in [1.29, 1.82) is 0 Å². The second kappa shape index (κ2) is 6.53. The first-order valence-corrected chi connectivity index (χ1v) is 6.90. The number of ether oxygens (including phenoxy) is 1. The minimum Gasteiger partial charge on any atom is -0.487 e. The molecule has 1 aromatic rings. The van der Waals surface area contributed by atoms with Crippen LogP contribution in [-0.2, 0) is 0 Å². The van der Waals surface area contributed by atoms with Crippen molar-refractivity contribution in [3.05, 3.63) is 28.8 Å². The molecule has 1 N–H and O–H groups in total. The Bertz CT molecular complexity index is 429. The van der Waals surface area contributed by atoms with Gasteiger partial charge >= 0.3 is 0 Å². The maximum absolute atomic E-state index is 12.2. The van der Waals surface area contributed by atoms with Crippen LogP contribution < -0.4 is 10.1 Å². The Morgan fingerprint density at radius 1 is 1.15 bits per heavy atom. The molecule has 0 aliphatic carbocycles. The normalized spacial score (nSPS) is 13.7. The minimum atomic E-state index is -2.45.